The molecule has 0 saturated carbocycles. The molecule has 2 atom stereocenters. The molecule has 0 unspecified atom stereocenters. The molecule has 1 aliphatic heterocycles. The quantitative estimate of drug-likeness (QED) is 0.494. The van der Waals surface area contributed by atoms with Crippen molar-refractivity contribution in [3.63, 3.8) is 0 Å². The normalized spacial score (nSPS) is 29.0. The molecule has 0 aromatic carbocycles. The maximum atomic E-state index is 5.42. The molecule has 68 valence electrons. The summed E-state index contributed by atoms with van der Waals surface area (Å²) in [6.07, 6.45) is 1.46. The third kappa shape index (κ3) is 4.72. The molecular weight excluding hydrogens is 421 g/mol. The van der Waals surface area contributed by atoms with Gasteiger partial charge in [-0.25, -0.2) is 0 Å². The standard InChI is InChI=1S/C8H17OSi.BrH.Hg/c1-7-5-8(6-9-7)10(2,3)4;;/h7-8H,1,5-6H2,2-4H3;1H;/q;;+1/p-1/t7-,8+;;/m1../s1. The van der Waals surface area contributed by atoms with Gasteiger partial charge in [0.2, 0.25) is 0 Å². The van der Waals surface area contributed by atoms with Crippen molar-refractivity contribution >= 4 is 8.07 Å². The molecule has 0 aliphatic carbocycles. The molecule has 12 heavy (non-hydrogen) atoms. The third-order valence-electron chi connectivity index (χ3n) is 2.31. The molecule has 1 rings (SSSR count). The van der Waals surface area contributed by atoms with Gasteiger partial charge in [0.1, 0.15) is 0 Å². The minimum absolute atomic E-state index is 0. The smallest absolute Gasteiger partial charge is 1.00 e. The second-order valence-electron chi connectivity index (χ2n) is 4.25. The van der Waals surface area contributed by atoms with Gasteiger partial charge in [-0.2, -0.15) is 0 Å². The van der Waals surface area contributed by atoms with Gasteiger partial charge in [0.25, 0.3) is 0 Å². The molecule has 2 radical (unpaired) electrons. The second kappa shape index (κ2) is 6.15. The molecule has 0 aromatic rings. The van der Waals surface area contributed by atoms with Crippen LogP contribution in [0, 0.1) is 6.92 Å². The van der Waals surface area contributed by atoms with Crippen LogP contribution in [0.2, 0.25) is 25.2 Å². The molecule has 0 aromatic heterocycles. The van der Waals surface area contributed by atoms with E-state index < -0.39 is 8.07 Å². The number of hydrogen-bond donors (Lipinski definition) is 0. The van der Waals surface area contributed by atoms with E-state index in [2.05, 4.69) is 26.6 Å². The first-order valence-corrected chi connectivity index (χ1v) is 7.52. The number of hydrogen-bond acceptors (Lipinski definition) is 1. The predicted molar refractivity (Wildman–Crippen MR) is 46.8 cm³/mol. The van der Waals surface area contributed by atoms with Gasteiger partial charge < -0.3 is 21.7 Å². The van der Waals surface area contributed by atoms with Crippen LogP contribution in [0.3, 0.4) is 0 Å². The topological polar surface area (TPSA) is 9.23 Å². The Morgan fingerprint density at radius 2 is 1.83 bits per heavy atom. The minimum atomic E-state index is -0.931. The van der Waals surface area contributed by atoms with Gasteiger partial charge >= 0.3 is 27.7 Å². The molecule has 4 heteroatoms. The molecule has 1 fully saturated rings. The largest absolute Gasteiger partial charge is 1.00 e. The Balaban J connectivity index is 0. The molecule has 0 bridgehead atoms. The summed E-state index contributed by atoms with van der Waals surface area (Å²) in [5.41, 5.74) is 0.843. The van der Waals surface area contributed by atoms with E-state index in [-0.39, 0.29) is 50.8 Å². The van der Waals surface area contributed by atoms with Crippen LogP contribution in [0.25, 0.3) is 0 Å². The molecule has 0 amide bonds. The summed E-state index contributed by atoms with van der Waals surface area (Å²) in [7, 11) is -0.931. The monoisotopic (exact) mass is 438 g/mol. The van der Waals surface area contributed by atoms with Crippen LogP contribution < -0.4 is 17.0 Å². The fraction of sp³-hybridized carbons (Fsp3) is 0.875. The van der Waals surface area contributed by atoms with E-state index in [1.807, 2.05) is 0 Å². The average Bonchev–Trinajstić information content (AvgIpc) is 2.11. The van der Waals surface area contributed by atoms with E-state index in [1.165, 1.54) is 6.42 Å². The first-order valence-electron chi connectivity index (χ1n) is 3.95. The zero-order valence-corrected chi connectivity index (χ0v) is 16.4. The van der Waals surface area contributed by atoms with Gasteiger partial charge in [0.05, 0.1) is 14.2 Å². The van der Waals surface area contributed by atoms with Crippen molar-refractivity contribution in [2.45, 2.75) is 37.7 Å². The fourth-order valence-corrected chi connectivity index (χ4v) is 2.88. The Morgan fingerprint density at radius 1 is 1.33 bits per heavy atom. The van der Waals surface area contributed by atoms with E-state index in [0.29, 0.717) is 0 Å². The summed E-state index contributed by atoms with van der Waals surface area (Å²) >= 11 is 0. The van der Waals surface area contributed by atoms with E-state index in [0.717, 1.165) is 12.1 Å². The molecular formula is C8H17BrHgOSi. The average molecular weight is 438 g/mol. The van der Waals surface area contributed by atoms with E-state index in [4.69, 9.17) is 4.74 Å². The Labute approximate surface area is 108 Å². The predicted octanol–water partition coefficient (Wildman–Crippen LogP) is -0.681. The van der Waals surface area contributed by atoms with E-state index in [9.17, 15) is 0 Å². The molecule has 0 N–H and O–H groups in total. The SMILES string of the molecule is [Br-].[CH2][C@@H]1C[C@H]([Si](C)(C)C)CO1.[Hg+]. The summed E-state index contributed by atoms with van der Waals surface area (Å²) < 4.78 is 5.42. The Hall–Kier alpha value is 1.59. The van der Waals surface area contributed by atoms with Crippen molar-refractivity contribution in [1.82, 2.24) is 0 Å². The van der Waals surface area contributed by atoms with Crippen molar-refractivity contribution < 1.29 is 49.4 Å². The van der Waals surface area contributed by atoms with Gasteiger partial charge in [-0.1, -0.05) is 19.6 Å². The fourth-order valence-electron chi connectivity index (χ4n) is 1.31. The van der Waals surface area contributed by atoms with Crippen LogP contribution in [-0.4, -0.2) is 20.8 Å². The number of halogens is 1. The third-order valence-corrected chi connectivity index (χ3v) is 5.16. The van der Waals surface area contributed by atoms with Gasteiger partial charge in [0.15, 0.2) is 0 Å². The summed E-state index contributed by atoms with van der Waals surface area (Å²) in [5, 5.41) is 0. The minimum Gasteiger partial charge on any atom is -1.00 e. The maximum Gasteiger partial charge on any atom is 1.00 e. The zero-order chi connectivity index (χ0) is 7.78. The first-order chi connectivity index (χ1) is 4.50. The van der Waals surface area contributed by atoms with Crippen molar-refractivity contribution in [3.8, 4) is 0 Å². The summed E-state index contributed by atoms with van der Waals surface area (Å²) in [4.78, 5) is 0. The van der Waals surface area contributed by atoms with E-state index in [1.54, 1.807) is 0 Å². The summed E-state index contributed by atoms with van der Waals surface area (Å²) in [5.74, 6) is 0. The van der Waals surface area contributed by atoms with Crippen LogP contribution in [0.1, 0.15) is 6.42 Å². The van der Waals surface area contributed by atoms with Crippen LogP contribution in [0.15, 0.2) is 0 Å². The summed E-state index contributed by atoms with van der Waals surface area (Å²) in [6.45, 7) is 12.1. The van der Waals surface area contributed by atoms with Crippen molar-refractivity contribution in [2.75, 3.05) is 6.61 Å². The molecule has 1 heterocycles. The zero-order valence-electron chi connectivity index (χ0n) is 8.27. The van der Waals surface area contributed by atoms with Gasteiger partial charge in [-0.05, 0) is 18.9 Å². The van der Waals surface area contributed by atoms with E-state index >= 15 is 0 Å². The maximum absolute atomic E-state index is 5.42. The van der Waals surface area contributed by atoms with Gasteiger partial charge in [-0.15, -0.1) is 0 Å². The van der Waals surface area contributed by atoms with Crippen molar-refractivity contribution in [1.29, 1.82) is 0 Å². The molecule has 1 nitrogen and oxygen atoms in total. The number of rotatable bonds is 1. The van der Waals surface area contributed by atoms with Crippen molar-refractivity contribution in [2.24, 2.45) is 0 Å². The van der Waals surface area contributed by atoms with Crippen LogP contribution in [-0.2, 0) is 32.4 Å². The van der Waals surface area contributed by atoms with Gasteiger partial charge in [0, 0.05) is 6.61 Å². The molecule has 0 spiro atoms. The Morgan fingerprint density at radius 3 is 2.00 bits per heavy atom. The molecule has 1 aliphatic rings. The number of ether oxygens (including phenoxy) is 1. The van der Waals surface area contributed by atoms with Crippen LogP contribution >= 0.6 is 0 Å². The van der Waals surface area contributed by atoms with Crippen LogP contribution in [0.5, 0.6) is 0 Å². The summed E-state index contributed by atoms with van der Waals surface area (Å²) in [6, 6.07) is 0. The molecule has 1 saturated heterocycles. The van der Waals surface area contributed by atoms with Gasteiger partial charge in [-0.3, -0.25) is 0 Å². The first kappa shape index (κ1) is 16.0. The van der Waals surface area contributed by atoms with Crippen molar-refractivity contribution in [3.05, 3.63) is 6.92 Å². The Kier molecular flexibility index (Phi) is 8.21. The Bertz CT molecular complexity index is 127. The second-order valence-corrected chi connectivity index (χ2v) is 9.80. The van der Waals surface area contributed by atoms with Crippen LogP contribution in [0.4, 0.5) is 0 Å².